The molecule has 0 radical (unpaired) electrons. The monoisotopic (exact) mass is 722 g/mol. The van der Waals surface area contributed by atoms with Crippen LogP contribution in [0.25, 0.3) is 10.9 Å². The first-order valence-corrected chi connectivity index (χ1v) is 17.0. The molecular weight excluding hydrogens is 688 g/mol. The van der Waals surface area contributed by atoms with E-state index in [0.717, 1.165) is 6.07 Å². The summed E-state index contributed by atoms with van der Waals surface area (Å²) < 4.78 is 76.7. The molecule has 0 aliphatic carbocycles. The number of aromatic nitrogens is 2. The van der Waals surface area contributed by atoms with Crippen molar-refractivity contribution in [3.05, 3.63) is 66.3 Å². The molecule has 47 heavy (non-hydrogen) atoms. The summed E-state index contributed by atoms with van der Waals surface area (Å²) in [6, 6.07) is 4.44. The Morgan fingerprint density at radius 2 is 1.81 bits per heavy atom. The number of H-pyrrole nitrogens is 1. The molecule has 0 bridgehead atoms. The van der Waals surface area contributed by atoms with E-state index in [0.29, 0.717) is 24.0 Å². The van der Waals surface area contributed by atoms with Gasteiger partial charge in [0, 0.05) is 36.8 Å². The highest BCUT2D eigenvalue weighted by atomic mass is 35.5. The minimum atomic E-state index is -5.15. The number of carbonyl (C=O) groups excluding carboxylic acids is 1. The molecule has 1 aliphatic rings. The highest BCUT2D eigenvalue weighted by Gasteiger charge is 2.35. The van der Waals surface area contributed by atoms with Crippen LogP contribution in [0.4, 0.5) is 18.0 Å². The van der Waals surface area contributed by atoms with E-state index in [1.54, 1.807) is 32.7 Å². The molecule has 0 saturated carbocycles. The van der Waals surface area contributed by atoms with Crippen LogP contribution in [-0.4, -0.2) is 77.8 Å². The zero-order chi connectivity index (χ0) is 35.1. The van der Waals surface area contributed by atoms with E-state index in [9.17, 15) is 36.0 Å². The predicted octanol–water partition coefficient (Wildman–Crippen LogP) is 5.57. The lowest BCUT2D eigenvalue weighted by Gasteiger charge is -2.38. The van der Waals surface area contributed by atoms with E-state index in [-0.39, 0.29) is 61.9 Å². The van der Waals surface area contributed by atoms with Crippen LogP contribution >= 0.6 is 23.2 Å². The van der Waals surface area contributed by atoms with Crippen LogP contribution < -0.4 is 16.0 Å². The molecule has 1 unspecified atom stereocenters. The standard InChI is InChI=1S/C30H35Cl2F3N4O7S/c1-6-47(43,44)23-10-9-18(31)12-17(23)14-39-26(40)20-13-22(45-30(33,34)35)21(24(32)25(20)36-27(39)41)16-38-11-7-8-19(15-38)37(5)28(42)46-29(2,3)4/h9-10,12-13,19H,6-8,11,14-16H2,1-5H3,(H,36,41). The number of fused-ring (bicyclic) bond motifs is 1. The number of rotatable bonds is 8. The quantitative estimate of drug-likeness (QED) is 0.320. The molecule has 2 aromatic carbocycles. The van der Waals surface area contributed by atoms with Crippen LogP contribution in [0.2, 0.25) is 10.0 Å². The average Bonchev–Trinajstić information content (AvgIpc) is 2.96. The largest absolute Gasteiger partial charge is 0.573 e. The second kappa shape index (κ2) is 13.7. The van der Waals surface area contributed by atoms with Crippen molar-refractivity contribution in [2.75, 3.05) is 25.9 Å². The number of aromatic amines is 1. The Morgan fingerprint density at radius 1 is 1.13 bits per heavy atom. The number of likely N-dealkylation sites (tertiary alicyclic amines) is 1. The number of amides is 1. The molecule has 1 aromatic heterocycles. The Labute approximate surface area is 279 Å². The normalized spacial score (nSPS) is 16.3. The zero-order valence-electron chi connectivity index (χ0n) is 26.3. The van der Waals surface area contributed by atoms with Crippen LogP contribution in [0.15, 0.2) is 38.8 Å². The molecule has 1 saturated heterocycles. The van der Waals surface area contributed by atoms with Gasteiger partial charge in [-0.3, -0.25) is 14.3 Å². The number of piperidine rings is 1. The maximum absolute atomic E-state index is 13.6. The van der Waals surface area contributed by atoms with Gasteiger partial charge in [0.05, 0.1) is 33.1 Å². The summed E-state index contributed by atoms with van der Waals surface area (Å²) in [6.45, 7) is 6.66. The van der Waals surface area contributed by atoms with Crippen molar-refractivity contribution in [2.24, 2.45) is 0 Å². The van der Waals surface area contributed by atoms with Gasteiger partial charge < -0.3 is 19.4 Å². The van der Waals surface area contributed by atoms with Crippen molar-refractivity contribution < 1.29 is 35.9 Å². The van der Waals surface area contributed by atoms with Crippen LogP contribution in [0.3, 0.4) is 0 Å². The van der Waals surface area contributed by atoms with Gasteiger partial charge in [-0.15, -0.1) is 13.2 Å². The fourth-order valence-corrected chi connectivity index (χ4v) is 6.98. The van der Waals surface area contributed by atoms with Gasteiger partial charge >= 0.3 is 18.1 Å². The first-order valence-electron chi connectivity index (χ1n) is 14.6. The number of benzene rings is 2. The topological polar surface area (TPSA) is 131 Å². The number of nitrogens with one attached hydrogen (secondary N) is 1. The summed E-state index contributed by atoms with van der Waals surface area (Å²) in [5, 5.41) is -0.574. The van der Waals surface area contributed by atoms with Crippen molar-refractivity contribution in [3.8, 4) is 5.75 Å². The number of alkyl halides is 3. The molecule has 1 atom stereocenters. The summed E-state index contributed by atoms with van der Waals surface area (Å²) in [4.78, 5) is 45.1. The summed E-state index contributed by atoms with van der Waals surface area (Å²) >= 11 is 12.7. The van der Waals surface area contributed by atoms with Crippen molar-refractivity contribution >= 4 is 50.0 Å². The minimum Gasteiger partial charge on any atom is -0.444 e. The number of ether oxygens (including phenoxy) is 2. The molecule has 1 fully saturated rings. The fourth-order valence-electron chi connectivity index (χ4n) is 5.38. The van der Waals surface area contributed by atoms with Gasteiger partial charge in [0.25, 0.3) is 5.56 Å². The molecule has 0 spiro atoms. The van der Waals surface area contributed by atoms with E-state index in [1.807, 2.05) is 0 Å². The van der Waals surface area contributed by atoms with Gasteiger partial charge in [0.15, 0.2) is 9.84 Å². The third-order valence-electron chi connectivity index (χ3n) is 7.66. The van der Waals surface area contributed by atoms with Gasteiger partial charge in [-0.05, 0) is 70.0 Å². The summed E-state index contributed by atoms with van der Waals surface area (Å²) in [5.74, 6) is -1.01. The molecule has 11 nitrogen and oxygen atoms in total. The number of likely N-dealkylation sites (N-methyl/N-ethyl adjacent to an activating group) is 1. The van der Waals surface area contributed by atoms with Crippen LogP contribution in [0.1, 0.15) is 51.7 Å². The van der Waals surface area contributed by atoms with Gasteiger partial charge in [0.2, 0.25) is 0 Å². The van der Waals surface area contributed by atoms with Gasteiger partial charge in [-0.25, -0.2) is 18.0 Å². The fraction of sp³-hybridized carbons (Fsp3) is 0.500. The number of carbonyl (C=O) groups is 1. The van der Waals surface area contributed by atoms with E-state index >= 15 is 0 Å². The minimum absolute atomic E-state index is 0.0387. The third-order valence-corrected chi connectivity index (χ3v) is 10.1. The lowest BCUT2D eigenvalue weighted by Crippen LogP contribution is -2.49. The van der Waals surface area contributed by atoms with Crippen molar-refractivity contribution in [1.29, 1.82) is 0 Å². The number of sulfone groups is 1. The number of hydrogen-bond donors (Lipinski definition) is 1. The Morgan fingerprint density at radius 3 is 2.43 bits per heavy atom. The van der Waals surface area contributed by atoms with Crippen molar-refractivity contribution in [2.45, 2.75) is 76.5 Å². The molecule has 258 valence electrons. The maximum Gasteiger partial charge on any atom is 0.573 e. The highest BCUT2D eigenvalue weighted by molar-refractivity contribution is 7.91. The molecule has 17 heteroatoms. The van der Waals surface area contributed by atoms with Crippen LogP contribution in [-0.2, 0) is 27.7 Å². The summed E-state index contributed by atoms with van der Waals surface area (Å²) in [5.41, 5.74) is -3.03. The lowest BCUT2D eigenvalue weighted by atomic mass is 10.0. The average molecular weight is 724 g/mol. The van der Waals surface area contributed by atoms with E-state index in [2.05, 4.69) is 9.72 Å². The first kappa shape index (κ1) is 36.6. The molecule has 1 amide bonds. The predicted molar refractivity (Wildman–Crippen MR) is 171 cm³/mol. The SMILES string of the molecule is CCS(=O)(=O)c1ccc(Cl)cc1Cn1c(=O)[nH]c2c(Cl)c(CN3CCCC(N(C)C(=O)OC(C)(C)C)C3)c(OC(F)(F)F)cc2c1=O. The van der Waals surface area contributed by atoms with E-state index < -0.39 is 51.4 Å². The second-order valence-electron chi connectivity index (χ2n) is 12.2. The number of hydrogen-bond acceptors (Lipinski definition) is 8. The van der Waals surface area contributed by atoms with Gasteiger partial charge in [0.1, 0.15) is 11.4 Å². The third kappa shape index (κ3) is 8.61. The smallest absolute Gasteiger partial charge is 0.444 e. The highest BCUT2D eigenvalue weighted by Crippen LogP contribution is 2.37. The Balaban J connectivity index is 1.76. The Hall–Kier alpha value is -3.27. The van der Waals surface area contributed by atoms with Crippen molar-refractivity contribution in [3.63, 3.8) is 0 Å². The van der Waals surface area contributed by atoms with Crippen LogP contribution in [0, 0.1) is 0 Å². The molecule has 2 heterocycles. The summed E-state index contributed by atoms with van der Waals surface area (Å²) in [6.07, 6.45) is -4.46. The zero-order valence-corrected chi connectivity index (χ0v) is 28.7. The number of halogens is 5. The second-order valence-corrected chi connectivity index (χ2v) is 15.3. The van der Waals surface area contributed by atoms with Gasteiger partial charge in [-0.1, -0.05) is 30.1 Å². The molecule has 3 aromatic rings. The maximum atomic E-state index is 13.6. The molecule has 1 N–H and O–H groups in total. The van der Waals surface area contributed by atoms with Crippen molar-refractivity contribution in [1.82, 2.24) is 19.4 Å². The van der Waals surface area contributed by atoms with Gasteiger partial charge in [-0.2, -0.15) is 0 Å². The summed E-state index contributed by atoms with van der Waals surface area (Å²) in [7, 11) is -2.21. The van der Waals surface area contributed by atoms with E-state index in [4.69, 9.17) is 27.9 Å². The molecule has 1 aliphatic heterocycles. The lowest BCUT2D eigenvalue weighted by molar-refractivity contribution is -0.274. The Bertz CT molecular complexity index is 1910. The number of nitrogens with zero attached hydrogens (tertiary/aromatic N) is 3. The molecule has 4 rings (SSSR count). The molecular formula is C30H35Cl2F3N4O7S. The Kier molecular flexibility index (Phi) is 10.6. The first-order chi connectivity index (χ1) is 21.7. The van der Waals surface area contributed by atoms with Crippen LogP contribution in [0.5, 0.6) is 5.75 Å². The van der Waals surface area contributed by atoms with E-state index in [1.165, 1.54) is 30.0 Å².